The summed E-state index contributed by atoms with van der Waals surface area (Å²) in [5.41, 5.74) is 5.49. The molecular weight excluding hydrogens is 977 g/mol. The van der Waals surface area contributed by atoms with E-state index in [2.05, 4.69) is 119 Å². The third-order valence-electron chi connectivity index (χ3n) is 13.9. The summed E-state index contributed by atoms with van der Waals surface area (Å²) in [5.74, 6) is -1.62. The van der Waals surface area contributed by atoms with Crippen LogP contribution >= 0.6 is 11.8 Å². The van der Waals surface area contributed by atoms with Crippen LogP contribution in [-0.4, -0.2) is 183 Å². The Labute approximate surface area is 428 Å². The molecule has 0 saturated carbocycles. The number of hydrogen-bond acceptors (Lipinski definition) is 13. The van der Waals surface area contributed by atoms with E-state index in [9.17, 15) is 24.3 Å². The Kier molecular flexibility index (Phi) is 18.0. The molecule has 71 heavy (non-hydrogen) atoms. The second-order valence-corrected chi connectivity index (χ2v) is 23.6. The van der Waals surface area contributed by atoms with Gasteiger partial charge < -0.3 is 9.38 Å². The van der Waals surface area contributed by atoms with Gasteiger partial charge in [0.25, 0.3) is 0 Å². The number of anilines is 2. The number of carbonyl (C=O) groups excluding carboxylic acids is 3. The third-order valence-corrected chi connectivity index (χ3v) is 18.0. The van der Waals surface area contributed by atoms with Crippen LogP contribution in [0.25, 0.3) is 17.0 Å². The van der Waals surface area contributed by atoms with Crippen molar-refractivity contribution in [2.24, 2.45) is 0 Å². The zero-order chi connectivity index (χ0) is 49.9. The average molecular weight is 1050 g/mol. The Morgan fingerprint density at radius 1 is 0.845 bits per heavy atom. The molecule has 0 radical (unpaired) electrons. The van der Waals surface area contributed by atoms with Gasteiger partial charge in [0.2, 0.25) is 5.52 Å². The first-order chi connectivity index (χ1) is 34.2. The molecule has 4 bridgehead atoms. The summed E-state index contributed by atoms with van der Waals surface area (Å²) in [6, 6.07) is 27.3. The number of pyridine rings is 1. The minimum atomic E-state index is -3.82. The van der Waals surface area contributed by atoms with E-state index in [1.807, 2.05) is 45.8 Å². The van der Waals surface area contributed by atoms with Crippen LogP contribution < -0.4 is 14.8 Å². The number of carboxylic acids is 1. The number of quaternary nitrogens is 1. The van der Waals surface area contributed by atoms with Gasteiger partial charge in [0.1, 0.15) is 0 Å². The van der Waals surface area contributed by atoms with Crippen LogP contribution in [0.5, 0.6) is 0 Å². The van der Waals surface area contributed by atoms with Gasteiger partial charge in [-0.2, -0.15) is 4.57 Å². The molecule has 18 heteroatoms. The number of hydrogen-bond donors (Lipinski definition) is 2. The number of aromatic nitrogens is 1. The van der Waals surface area contributed by atoms with Gasteiger partial charge in [0.15, 0.2) is 12.7 Å². The molecule has 8 rings (SSSR count). The zero-order valence-corrected chi connectivity index (χ0v) is 44.7. The topological polar surface area (TPSA) is 148 Å². The predicted octanol–water partition coefficient (Wildman–Crippen LogP) is 5.18. The molecule has 16 nitrogen and oxygen atoms in total. The van der Waals surface area contributed by atoms with E-state index in [1.54, 1.807) is 0 Å². The van der Waals surface area contributed by atoms with Crippen molar-refractivity contribution >= 4 is 81.2 Å². The molecule has 1 aromatic heterocycles. The van der Waals surface area contributed by atoms with Crippen molar-refractivity contribution in [2.45, 2.75) is 56.0 Å². The van der Waals surface area contributed by atoms with E-state index >= 15 is 0 Å². The molecule has 0 aliphatic carbocycles. The molecule has 3 aromatic carbocycles. The van der Waals surface area contributed by atoms with Crippen molar-refractivity contribution in [2.75, 3.05) is 116 Å². The van der Waals surface area contributed by atoms with Gasteiger partial charge >= 0.3 is 228 Å². The number of rotatable bonds is 16. The number of amides is 1. The fourth-order valence-electron chi connectivity index (χ4n) is 9.94. The molecule has 4 unspecified atom stereocenters. The number of aliphatic carboxylic acids is 1. The van der Waals surface area contributed by atoms with Crippen LogP contribution in [0.15, 0.2) is 107 Å². The molecule has 5 heterocycles. The van der Waals surface area contributed by atoms with Gasteiger partial charge in [-0.1, -0.05) is 36.0 Å². The van der Waals surface area contributed by atoms with Gasteiger partial charge in [-0.25, -0.2) is 0 Å². The standard InChI is InChI=1S/C53H70N8O8S.Ga/c1-40(62)35-60-30-29-57(38-52(66)67)26-25-56(37-51(64)65)27-28-58(39-53(68)69)36-44(60)33-41-18-20-43(21-19-41)54-49(63)17-6-5-11-31-61(3,4)32-12-23-59-24-22-42(45-13-7-8-14-46(45)59)34-50-55(2)47-15-9-10-16-48(47)70-50;/h7-10,13-16,18-22,24,34,44H,1,5-6,11-12,17,23,25-33,35-39H2,2-4H3,(H3-2,54,62,63,64,65,66,67,68,69);/q;+3/p-1/i;1-2. The molecule has 2 N–H and O–H groups in total. The second-order valence-electron chi connectivity index (χ2n) is 19.8. The van der Waals surface area contributed by atoms with Crippen molar-refractivity contribution in [1.82, 2.24) is 19.6 Å². The molecule has 4 aliphatic rings. The van der Waals surface area contributed by atoms with E-state index in [-0.39, 0.29) is 38.1 Å². The zero-order valence-electron chi connectivity index (χ0n) is 41.5. The van der Waals surface area contributed by atoms with Crippen molar-refractivity contribution in [3.63, 3.8) is 0 Å². The molecule has 4 aliphatic heterocycles. The Balaban J connectivity index is 0.809. The Morgan fingerprint density at radius 2 is 1.55 bits per heavy atom. The number of benzene rings is 3. The Hall–Kier alpha value is -5.18. The molecule has 4 atom stereocenters. The van der Waals surface area contributed by atoms with E-state index in [4.69, 9.17) is 10.6 Å². The number of carboxylic acid groups (broad SMARTS) is 1. The summed E-state index contributed by atoms with van der Waals surface area (Å²) in [4.78, 5) is 62.8. The van der Waals surface area contributed by atoms with Crippen molar-refractivity contribution in [1.29, 1.82) is 0 Å². The van der Waals surface area contributed by atoms with Gasteiger partial charge in [-0.15, -0.1) is 0 Å². The normalized spacial score (nSPS) is 21.9. The summed E-state index contributed by atoms with van der Waals surface area (Å²) in [6.45, 7) is 10.7. The van der Waals surface area contributed by atoms with Crippen LogP contribution in [0, 0.1) is 0 Å². The molecule has 4 aromatic rings. The Morgan fingerprint density at radius 3 is 2.34 bits per heavy atom. The molecular formula is C53H69GaN8O8S+2. The number of unbranched alkanes of at least 4 members (excludes halogenated alkanes) is 2. The van der Waals surface area contributed by atoms with Crippen LogP contribution in [-0.2, 0) is 42.7 Å². The van der Waals surface area contributed by atoms with E-state index in [0.717, 1.165) is 61.1 Å². The minimum absolute atomic E-state index is 0.00368. The molecule has 1 amide bonds. The first-order valence-electron chi connectivity index (χ1n) is 24.9. The monoisotopic (exact) mass is 1050 g/mol. The summed E-state index contributed by atoms with van der Waals surface area (Å²) in [7, 11) is 6.75. The third kappa shape index (κ3) is 14.9. The van der Waals surface area contributed by atoms with Crippen molar-refractivity contribution < 1.29 is 43.9 Å². The summed E-state index contributed by atoms with van der Waals surface area (Å²) in [5, 5.41) is 15.3. The van der Waals surface area contributed by atoms with Gasteiger partial charge in [-0.05, 0) is 49.1 Å². The second kappa shape index (κ2) is 24.5. The number of nitrogens with one attached hydrogen (secondary N) is 1. The number of carbonyl (C=O) groups is 4. The maximum absolute atomic E-state index is 13.2. The first kappa shape index (κ1) is 52.1. The van der Waals surface area contributed by atoms with Gasteiger partial charge in [0.05, 0.1) is 49.7 Å². The number of aryl methyl sites for hydroxylation is 1. The van der Waals surface area contributed by atoms with Crippen LogP contribution in [0.3, 0.4) is 0 Å². The SMILES string of the molecule is C=C1CN2CCN(CC(=O)O)CCN3CCN(CC(=O)[O][68Ga]([O]1)[O]C(=O)C3)CC2Cc1ccc(NC(=O)CCCCC[N+](C)(C)CCC[n+]2ccc(/C=C3\Sc4ccccc4N3C)c3ccccc32)cc1. The molecule has 0 spiro atoms. The average Bonchev–Trinajstić information content (AvgIpc) is 3.63. The summed E-state index contributed by atoms with van der Waals surface area (Å²) in [6.07, 6.45) is 9.51. The van der Waals surface area contributed by atoms with Gasteiger partial charge in [0, 0.05) is 30.5 Å². The quantitative estimate of drug-likeness (QED) is 0.0658. The van der Waals surface area contributed by atoms with Crippen molar-refractivity contribution in [3.8, 4) is 0 Å². The predicted molar refractivity (Wildman–Crippen MR) is 277 cm³/mol. The van der Waals surface area contributed by atoms with Crippen molar-refractivity contribution in [3.05, 3.63) is 114 Å². The van der Waals surface area contributed by atoms with Gasteiger partial charge in [-0.3, -0.25) is 4.79 Å². The van der Waals surface area contributed by atoms with Crippen LogP contribution in [0.1, 0.15) is 43.2 Å². The first-order valence-corrected chi connectivity index (χ1v) is 28.7. The molecule has 376 valence electrons. The molecule has 3 saturated heterocycles. The maximum atomic E-state index is 13.2. The number of nitrogens with zero attached hydrogens (tertiary/aromatic N) is 7. The molecule has 3 fully saturated rings. The summed E-state index contributed by atoms with van der Waals surface area (Å²) >= 11 is -2.00. The van der Waals surface area contributed by atoms with Crippen LogP contribution in [0.2, 0.25) is 0 Å². The van der Waals surface area contributed by atoms with E-state index in [0.29, 0.717) is 64.4 Å². The van der Waals surface area contributed by atoms with Crippen LogP contribution in [0.4, 0.5) is 11.4 Å². The van der Waals surface area contributed by atoms with E-state index < -0.39 is 35.2 Å². The Bertz CT molecular complexity index is 2580. The fourth-order valence-corrected chi connectivity index (χ4v) is 13.3. The number of thioether (sulfide) groups is 1. The fraction of sp³-hybridized carbons (Fsp3) is 0.453. The summed E-state index contributed by atoms with van der Waals surface area (Å²) < 4.78 is 20.6. The number of para-hydroxylation sites is 2. The van der Waals surface area contributed by atoms with E-state index in [1.165, 1.54) is 32.1 Å². The number of fused-ring (bicyclic) bond motifs is 9.